The summed E-state index contributed by atoms with van der Waals surface area (Å²) in [4.78, 5) is 17.6. The minimum atomic E-state index is -0.241. The first-order valence-electron chi connectivity index (χ1n) is 9.04. The molecule has 1 amide bonds. The van der Waals surface area contributed by atoms with Crippen molar-refractivity contribution in [1.82, 2.24) is 15.5 Å². The fraction of sp³-hybridized carbons (Fsp3) is 0.579. The van der Waals surface area contributed by atoms with Gasteiger partial charge in [-0.3, -0.25) is 4.99 Å². The van der Waals surface area contributed by atoms with Crippen molar-refractivity contribution >= 4 is 36.0 Å². The number of aliphatic imine (C=N–C) groups is 1. The maximum Gasteiger partial charge on any atom is 0.409 e. The Morgan fingerprint density at radius 1 is 1.23 bits per heavy atom. The Morgan fingerprint density at radius 3 is 2.38 bits per heavy atom. The second-order valence-corrected chi connectivity index (χ2v) is 6.29. The third kappa shape index (κ3) is 7.01. The Balaban J connectivity index is 0.00000338. The van der Waals surface area contributed by atoms with Gasteiger partial charge in [0.1, 0.15) is 0 Å². The number of methoxy groups -OCH3 is 1. The highest BCUT2D eigenvalue weighted by Gasteiger charge is 2.23. The number of benzene rings is 1. The number of likely N-dealkylation sites (tertiary alicyclic amines) is 1. The van der Waals surface area contributed by atoms with E-state index in [1.54, 1.807) is 11.9 Å². The molecule has 2 rings (SSSR count). The highest BCUT2D eigenvalue weighted by molar-refractivity contribution is 14.0. The molecule has 0 aliphatic carbocycles. The number of nitrogens with one attached hydrogen (secondary N) is 2. The van der Waals surface area contributed by atoms with Crippen LogP contribution in [0.25, 0.3) is 0 Å². The van der Waals surface area contributed by atoms with Crippen LogP contribution in [0.3, 0.4) is 0 Å². The molecule has 26 heavy (non-hydrogen) atoms. The number of hydrogen-bond acceptors (Lipinski definition) is 3. The SMILES string of the molecule is CCc1ccc(CCNC(=NC)NC2CCN(C(=O)OC)CC2)cc1.I. The largest absolute Gasteiger partial charge is 0.453 e. The fourth-order valence-electron chi connectivity index (χ4n) is 2.99. The van der Waals surface area contributed by atoms with E-state index in [9.17, 15) is 4.79 Å². The zero-order valence-corrected chi connectivity index (χ0v) is 18.3. The van der Waals surface area contributed by atoms with E-state index in [1.165, 1.54) is 18.2 Å². The van der Waals surface area contributed by atoms with Gasteiger partial charge in [0, 0.05) is 32.7 Å². The Morgan fingerprint density at radius 2 is 1.85 bits per heavy atom. The van der Waals surface area contributed by atoms with Crippen LogP contribution in [0.4, 0.5) is 4.79 Å². The van der Waals surface area contributed by atoms with Crippen LogP contribution in [0.15, 0.2) is 29.3 Å². The third-order valence-corrected chi connectivity index (χ3v) is 4.63. The van der Waals surface area contributed by atoms with Crippen molar-refractivity contribution in [1.29, 1.82) is 0 Å². The van der Waals surface area contributed by atoms with Crippen molar-refractivity contribution < 1.29 is 9.53 Å². The van der Waals surface area contributed by atoms with Crippen molar-refractivity contribution in [2.24, 2.45) is 4.99 Å². The smallest absolute Gasteiger partial charge is 0.409 e. The lowest BCUT2D eigenvalue weighted by Gasteiger charge is -2.32. The highest BCUT2D eigenvalue weighted by Crippen LogP contribution is 2.11. The second-order valence-electron chi connectivity index (χ2n) is 6.29. The lowest BCUT2D eigenvalue weighted by atomic mass is 10.1. The summed E-state index contributed by atoms with van der Waals surface area (Å²) in [6.07, 6.45) is 3.59. The number of carbonyl (C=O) groups excluding carboxylic acids is 1. The maximum absolute atomic E-state index is 11.5. The molecule has 0 atom stereocenters. The van der Waals surface area contributed by atoms with Crippen molar-refractivity contribution in [3.63, 3.8) is 0 Å². The molecule has 0 spiro atoms. The van der Waals surface area contributed by atoms with E-state index in [0.29, 0.717) is 19.1 Å². The van der Waals surface area contributed by atoms with Gasteiger partial charge in [-0.15, -0.1) is 24.0 Å². The average Bonchev–Trinajstić information content (AvgIpc) is 2.67. The van der Waals surface area contributed by atoms with E-state index in [-0.39, 0.29) is 30.1 Å². The molecule has 1 aliphatic rings. The number of halogens is 1. The molecule has 1 saturated heterocycles. The van der Waals surface area contributed by atoms with Gasteiger partial charge < -0.3 is 20.3 Å². The van der Waals surface area contributed by atoms with E-state index >= 15 is 0 Å². The monoisotopic (exact) mass is 474 g/mol. The summed E-state index contributed by atoms with van der Waals surface area (Å²) in [5.74, 6) is 0.821. The molecule has 1 aromatic carbocycles. The number of guanidine groups is 1. The minimum Gasteiger partial charge on any atom is -0.453 e. The van der Waals surface area contributed by atoms with Crippen LogP contribution in [0.5, 0.6) is 0 Å². The zero-order chi connectivity index (χ0) is 18.1. The zero-order valence-electron chi connectivity index (χ0n) is 16.0. The minimum absolute atomic E-state index is 0. The van der Waals surface area contributed by atoms with Gasteiger partial charge in [-0.05, 0) is 36.8 Å². The molecule has 7 heteroatoms. The average molecular weight is 474 g/mol. The molecule has 6 nitrogen and oxygen atoms in total. The highest BCUT2D eigenvalue weighted by atomic mass is 127. The van der Waals surface area contributed by atoms with Gasteiger partial charge in [-0.1, -0.05) is 31.2 Å². The molecule has 1 heterocycles. The number of amides is 1. The van der Waals surface area contributed by atoms with E-state index in [4.69, 9.17) is 4.74 Å². The molecular weight excluding hydrogens is 443 g/mol. The number of hydrogen-bond donors (Lipinski definition) is 2. The summed E-state index contributed by atoms with van der Waals surface area (Å²) in [5, 5.41) is 6.82. The molecule has 0 aromatic heterocycles. The van der Waals surface area contributed by atoms with Gasteiger partial charge in [0.15, 0.2) is 5.96 Å². The van der Waals surface area contributed by atoms with Gasteiger partial charge in [0.05, 0.1) is 7.11 Å². The van der Waals surface area contributed by atoms with Crippen molar-refractivity contribution in [2.45, 2.75) is 38.6 Å². The van der Waals surface area contributed by atoms with Crippen molar-refractivity contribution in [3.05, 3.63) is 35.4 Å². The van der Waals surface area contributed by atoms with E-state index in [1.807, 2.05) is 0 Å². The predicted molar refractivity (Wildman–Crippen MR) is 116 cm³/mol. The lowest BCUT2D eigenvalue weighted by molar-refractivity contribution is 0.111. The van der Waals surface area contributed by atoms with Crippen LogP contribution in [0.1, 0.15) is 30.9 Å². The molecule has 1 fully saturated rings. The van der Waals surface area contributed by atoms with Crippen molar-refractivity contribution in [3.8, 4) is 0 Å². The third-order valence-electron chi connectivity index (χ3n) is 4.63. The second kappa shape index (κ2) is 12.0. The molecule has 0 bridgehead atoms. The molecule has 1 aliphatic heterocycles. The van der Waals surface area contributed by atoms with Gasteiger partial charge in [-0.2, -0.15) is 0 Å². The van der Waals surface area contributed by atoms with Crippen LogP contribution < -0.4 is 10.6 Å². The molecule has 2 N–H and O–H groups in total. The number of piperidine rings is 1. The molecule has 0 saturated carbocycles. The summed E-state index contributed by atoms with van der Waals surface area (Å²) in [6.45, 7) is 4.43. The van der Waals surface area contributed by atoms with Crippen molar-refractivity contribution in [2.75, 3.05) is 33.8 Å². The summed E-state index contributed by atoms with van der Waals surface area (Å²) < 4.78 is 4.77. The van der Waals surface area contributed by atoms with E-state index in [2.05, 4.69) is 46.8 Å². The quantitative estimate of drug-likeness (QED) is 0.392. The normalized spacial score (nSPS) is 15.2. The first-order chi connectivity index (χ1) is 12.2. The molecule has 1 aromatic rings. The maximum atomic E-state index is 11.5. The van der Waals surface area contributed by atoms with Gasteiger partial charge >= 0.3 is 6.09 Å². The number of ether oxygens (including phenoxy) is 1. The van der Waals surface area contributed by atoms with E-state index < -0.39 is 0 Å². The number of rotatable bonds is 5. The predicted octanol–water partition coefficient (Wildman–Crippen LogP) is 2.81. The Hall–Kier alpha value is -1.51. The van der Waals surface area contributed by atoms with Crippen LogP contribution >= 0.6 is 24.0 Å². The standard InChI is InChI=1S/C19H30N4O2.HI/c1-4-15-5-7-16(8-6-15)9-12-21-18(20-2)22-17-10-13-23(14-11-17)19(24)25-3;/h5-8,17H,4,9-14H2,1-3H3,(H2,20,21,22);1H. The van der Waals surface area contributed by atoms with Crippen LogP contribution in [-0.2, 0) is 17.6 Å². The summed E-state index contributed by atoms with van der Waals surface area (Å²) in [6, 6.07) is 9.10. The molecule has 0 radical (unpaired) electrons. The van der Waals surface area contributed by atoms with Crippen LogP contribution in [0.2, 0.25) is 0 Å². The Labute approximate surface area is 173 Å². The van der Waals surface area contributed by atoms with Crippen LogP contribution in [0, 0.1) is 0 Å². The first-order valence-corrected chi connectivity index (χ1v) is 9.04. The summed E-state index contributed by atoms with van der Waals surface area (Å²) >= 11 is 0. The number of nitrogens with zero attached hydrogens (tertiary/aromatic N) is 2. The molecule has 0 unspecified atom stereocenters. The van der Waals surface area contributed by atoms with Gasteiger partial charge in [0.2, 0.25) is 0 Å². The fourth-order valence-corrected chi connectivity index (χ4v) is 2.99. The topological polar surface area (TPSA) is 66.0 Å². The van der Waals surface area contributed by atoms with E-state index in [0.717, 1.165) is 38.2 Å². The summed E-state index contributed by atoms with van der Waals surface area (Å²) in [5.41, 5.74) is 2.69. The Kier molecular flexibility index (Phi) is 10.4. The summed E-state index contributed by atoms with van der Waals surface area (Å²) in [7, 11) is 3.21. The lowest BCUT2D eigenvalue weighted by Crippen LogP contribution is -2.50. The van der Waals surface area contributed by atoms with Gasteiger partial charge in [0.25, 0.3) is 0 Å². The Bertz CT molecular complexity index is 569. The van der Waals surface area contributed by atoms with Crippen LogP contribution in [-0.4, -0.2) is 56.8 Å². The number of carbonyl (C=O) groups is 1. The van der Waals surface area contributed by atoms with Gasteiger partial charge in [-0.25, -0.2) is 4.79 Å². The first kappa shape index (κ1) is 22.5. The molecule has 146 valence electrons. The number of aryl methyl sites for hydroxylation is 1. The molecular formula is C19H31IN4O2.